The van der Waals surface area contributed by atoms with Crippen LogP contribution in [0.25, 0.3) is 0 Å². The van der Waals surface area contributed by atoms with E-state index in [0.717, 1.165) is 0 Å². The molecule has 0 amide bonds. The van der Waals surface area contributed by atoms with Crippen LogP contribution in [0.5, 0.6) is 0 Å². The minimum Gasteiger partial charge on any atom is -0.356 e. The first-order valence-electron chi connectivity index (χ1n) is 5.35. The van der Waals surface area contributed by atoms with E-state index < -0.39 is 17.6 Å². The highest BCUT2D eigenvalue weighted by atomic mass is 19.1. The number of rotatable bonds is 2. The highest BCUT2D eigenvalue weighted by molar-refractivity contribution is 5.90. The maximum atomic E-state index is 13.4. The van der Waals surface area contributed by atoms with Gasteiger partial charge in [0.2, 0.25) is 0 Å². The number of carbonyl (C=O) groups is 1. The Labute approximate surface area is 94.4 Å². The second-order valence-electron chi connectivity index (χ2n) is 5.11. The van der Waals surface area contributed by atoms with Gasteiger partial charge in [-0.3, -0.25) is 4.79 Å². The van der Waals surface area contributed by atoms with Crippen molar-refractivity contribution in [3.05, 3.63) is 35.6 Å². The molecule has 0 spiro atoms. The summed E-state index contributed by atoms with van der Waals surface area (Å²) in [6.45, 7) is 5.53. The third kappa shape index (κ3) is 2.00. The van der Waals surface area contributed by atoms with Gasteiger partial charge in [-0.1, -0.05) is 39.0 Å². The molecule has 0 aliphatic carbocycles. The van der Waals surface area contributed by atoms with Gasteiger partial charge in [0, 0.05) is 11.0 Å². The molecule has 1 aromatic rings. The fourth-order valence-corrected chi connectivity index (χ4v) is 1.68. The van der Waals surface area contributed by atoms with Crippen molar-refractivity contribution in [2.45, 2.75) is 33.0 Å². The van der Waals surface area contributed by atoms with Gasteiger partial charge in [0.25, 0.3) is 0 Å². The van der Waals surface area contributed by atoms with Crippen LogP contribution in [-0.2, 0) is 9.53 Å². The van der Waals surface area contributed by atoms with Crippen LogP contribution in [0.4, 0.5) is 4.39 Å². The van der Waals surface area contributed by atoms with Crippen molar-refractivity contribution in [2.24, 2.45) is 5.41 Å². The standard InChI is InChI=1S/C13H15FO2/c1-13(2,3)12(15)11-10(16-11)8-6-4-5-7-9(8)14/h4-7,10-11H,1-3H3/t10-,11-/m1/s1. The molecule has 1 fully saturated rings. The Morgan fingerprint density at radius 1 is 1.31 bits per heavy atom. The van der Waals surface area contributed by atoms with E-state index in [0.29, 0.717) is 5.56 Å². The molecular formula is C13H15FO2. The van der Waals surface area contributed by atoms with Crippen LogP contribution in [-0.4, -0.2) is 11.9 Å². The van der Waals surface area contributed by atoms with E-state index in [-0.39, 0.29) is 11.6 Å². The maximum Gasteiger partial charge on any atom is 0.169 e. The fourth-order valence-electron chi connectivity index (χ4n) is 1.68. The summed E-state index contributed by atoms with van der Waals surface area (Å²) in [5.74, 6) is -0.280. The number of Topliss-reactive ketones (excluding diaryl/α,β-unsaturated/α-hetero) is 1. The van der Waals surface area contributed by atoms with E-state index >= 15 is 0 Å². The molecule has 1 saturated heterocycles. The summed E-state index contributed by atoms with van der Waals surface area (Å²) >= 11 is 0. The Morgan fingerprint density at radius 3 is 2.50 bits per heavy atom. The average Bonchev–Trinajstić information content (AvgIpc) is 2.95. The molecule has 16 heavy (non-hydrogen) atoms. The van der Waals surface area contributed by atoms with E-state index in [1.54, 1.807) is 18.2 Å². The summed E-state index contributed by atoms with van der Waals surface area (Å²) in [6, 6.07) is 6.42. The topological polar surface area (TPSA) is 29.6 Å². The molecule has 2 atom stereocenters. The summed E-state index contributed by atoms with van der Waals surface area (Å²) in [6.07, 6.45) is -0.871. The lowest BCUT2D eigenvalue weighted by molar-refractivity contribution is -0.127. The molecule has 1 aliphatic rings. The molecule has 0 aromatic heterocycles. The lowest BCUT2D eigenvalue weighted by Crippen LogP contribution is -2.25. The van der Waals surface area contributed by atoms with E-state index in [1.165, 1.54) is 6.07 Å². The lowest BCUT2D eigenvalue weighted by atomic mass is 9.87. The van der Waals surface area contributed by atoms with Crippen molar-refractivity contribution in [1.82, 2.24) is 0 Å². The first kappa shape index (κ1) is 11.3. The number of halogens is 1. The Bertz CT molecular complexity index is 420. The molecule has 1 heterocycles. The molecule has 86 valence electrons. The van der Waals surface area contributed by atoms with Crippen molar-refractivity contribution in [1.29, 1.82) is 0 Å². The smallest absolute Gasteiger partial charge is 0.169 e. The van der Waals surface area contributed by atoms with Crippen molar-refractivity contribution in [3.8, 4) is 0 Å². The van der Waals surface area contributed by atoms with Gasteiger partial charge in [0.15, 0.2) is 5.78 Å². The average molecular weight is 222 g/mol. The third-order valence-electron chi connectivity index (χ3n) is 2.70. The molecule has 3 heteroatoms. The van der Waals surface area contributed by atoms with Crippen LogP contribution >= 0.6 is 0 Å². The number of epoxide rings is 1. The van der Waals surface area contributed by atoms with Gasteiger partial charge in [-0.15, -0.1) is 0 Å². The Balaban J connectivity index is 2.13. The highest BCUT2D eigenvalue weighted by Crippen LogP contribution is 2.43. The maximum absolute atomic E-state index is 13.4. The zero-order valence-electron chi connectivity index (χ0n) is 9.66. The predicted octanol–water partition coefficient (Wildman–Crippen LogP) is 2.88. The van der Waals surface area contributed by atoms with Crippen LogP contribution in [0.1, 0.15) is 32.4 Å². The second kappa shape index (κ2) is 3.67. The van der Waals surface area contributed by atoms with Crippen LogP contribution < -0.4 is 0 Å². The molecule has 2 rings (SSSR count). The molecule has 0 unspecified atom stereocenters. The van der Waals surface area contributed by atoms with E-state index in [9.17, 15) is 9.18 Å². The Hall–Kier alpha value is -1.22. The zero-order valence-corrected chi connectivity index (χ0v) is 9.66. The molecule has 0 N–H and O–H groups in total. The molecule has 0 radical (unpaired) electrons. The Kier molecular flexibility index (Phi) is 2.58. The van der Waals surface area contributed by atoms with Crippen LogP contribution in [0.15, 0.2) is 24.3 Å². The lowest BCUT2D eigenvalue weighted by Gasteiger charge is -2.14. The molecule has 2 nitrogen and oxygen atoms in total. The zero-order chi connectivity index (χ0) is 11.9. The molecule has 0 saturated carbocycles. The number of ketones is 1. The number of carbonyl (C=O) groups excluding carboxylic acids is 1. The van der Waals surface area contributed by atoms with Crippen LogP contribution in [0, 0.1) is 11.2 Å². The van der Waals surface area contributed by atoms with E-state index in [1.807, 2.05) is 20.8 Å². The number of ether oxygens (including phenoxy) is 1. The summed E-state index contributed by atoms with van der Waals surface area (Å²) in [5, 5.41) is 0. The minimum atomic E-state index is -0.475. The van der Waals surface area contributed by atoms with Gasteiger partial charge < -0.3 is 4.74 Å². The van der Waals surface area contributed by atoms with E-state index in [4.69, 9.17) is 4.74 Å². The molecule has 1 aromatic carbocycles. The summed E-state index contributed by atoms with van der Waals surface area (Å²) in [7, 11) is 0. The number of benzene rings is 1. The molecule has 1 aliphatic heterocycles. The third-order valence-corrected chi connectivity index (χ3v) is 2.70. The van der Waals surface area contributed by atoms with Gasteiger partial charge >= 0.3 is 0 Å². The van der Waals surface area contributed by atoms with Crippen molar-refractivity contribution >= 4 is 5.78 Å². The quantitative estimate of drug-likeness (QED) is 0.720. The monoisotopic (exact) mass is 222 g/mol. The van der Waals surface area contributed by atoms with E-state index in [2.05, 4.69) is 0 Å². The fraction of sp³-hybridized carbons (Fsp3) is 0.462. The molecular weight excluding hydrogens is 207 g/mol. The number of hydrogen-bond donors (Lipinski definition) is 0. The molecule has 0 bridgehead atoms. The van der Waals surface area contributed by atoms with Crippen molar-refractivity contribution in [2.75, 3.05) is 0 Å². The van der Waals surface area contributed by atoms with Crippen LogP contribution in [0.3, 0.4) is 0 Å². The summed E-state index contributed by atoms with van der Waals surface area (Å²) in [5.41, 5.74) is 0.0371. The van der Waals surface area contributed by atoms with Gasteiger partial charge in [-0.2, -0.15) is 0 Å². The van der Waals surface area contributed by atoms with Crippen molar-refractivity contribution in [3.63, 3.8) is 0 Å². The summed E-state index contributed by atoms with van der Waals surface area (Å²) in [4.78, 5) is 11.9. The number of hydrogen-bond acceptors (Lipinski definition) is 2. The summed E-state index contributed by atoms with van der Waals surface area (Å²) < 4.78 is 18.7. The van der Waals surface area contributed by atoms with Gasteiger partial charge in [-0.05, 0) is 6.07 Å². The first-order valence-corrected chi connectivity index (χ1v) is 5.35. The largest absolute Gasteiger partial charge is 0.356 e. The highest BCUT2D eigenvalue weighted by Gasteiger charge is 2.50. The van der Waals surface area contributed by atoms with Gasteiger partial charge in [0.1, 0.15) is 18.0 Å². The van der Waals surface area contributed by atoms with Gasteiger partial charge in [0.05, 0.1) is 0 Å². The first-order chi connectivity index (χ1) is 7.41. The minimum absolute atomic E-state index is 0.0285. The van der Waals surface area contributed by atoms with Crippen LogP contribution in [0.2, 0.25) is 0 Å². The SMILES string of the molecule is CC(C)(C)C(=O)[C@@H]1O[C@@H]1c1ccccc1F. The van der Waals surface area contributed by atoms with Crippen molar-refractivity contribution < 1.29 is 13.9 Å². The second-order valence-corrected chi connectivity index (χ2v) is 5.11. The predicted molar refractivity (Wildman–Crippen MR) is 58.5 cm³/mol. The normalized spacial score (nSPS) is 24.2. The van der Waals surface area contributed by atoms with Gasteiger partial charge in [-0.25, -0.2) is 4.39 Å². The Morgan fingerprint density at radius 2 is 1.94 bits per heavy atom.